The minimum absolute atomic E-state index is 0.136. The third-order valence-electron chi connectivity index (χ3n) is 4.39. The van der Waals surface area contributed by atoms with Gasteiger partial charge in [0, 0.05) is 5.69 Å². The van der Waals surface area contributed by atoms with Crippen LogP contribution in [0, 0.1) is 5.92 Å². The van der Waals surface area contributed by atoms with Crippen LogP contribution in [0.2, 0.25) is 0 Å². The monoisotopic (exact) mass is 458 g/mol. The van der Waals surface area contributed by atoms with E-state index in [9.17, 15) is 9.36 Å². The summed E-state index contributed by atoms with van der Waals surface area (Å²) < 4.78 is 24.3. The van der Waals surface area contributed by atoms with Gasteiger partial charge in [-0.3, -0.25) is 13.8 Å². The molecule has 2 rings (SSSR count). The lowest BCUT2D eigenvalue weighted by molar-refractivity contribution is -0.118. The average molecular weight is 459 g/mol. The van der Waals surface area contributed by atoms with Crippen LogP contribution >= 0.6 is 7.75 Å². The van der Waals surface area contributed by atoms with Crippen molar-refractivity contribution in [3.8, 4) is 0 Å². The first-order valence-electron chi connectivity index (χ1n) is 11.0. The molecule has 0 saturated carbocycles. The molecule has 1 atom stereocenters. The minimum Gasteiger partial charge on any atom is -0.325 e. The van der Waals surface area contributed by atoms with Crippen molar-refractivity contribution in [3.63, 3.8) is 0 Å². The van der Waals surface area contributed by atoms with E-state index in [1.807, 2.05) is 80.6 Å². The van der Waals surface area contributed by atoms with Crippen molar-refractivity contribution >= 4 is 31.5 Å². The predicted octanol–water partition coefficient (Wildman–Crippen LogP) is 6.37. The van der Waals surface area contributed by atoms with Gasteiger partial charge in [-0.25, -0.2) is 9.65 Å². The molecule has 0 spiro atoms. The molecule has 174 valence electrons. The maximum absolute atomic E-state index is 13.2. The first-order chi connectivity index (χ1) is 15.1. The lowest BCUT2D eigenvalue weighted by Crippen LogP contribution is -2.43. The van der Waals surface area contributed by atoms with Gasteiger partial charge in [0.2, 0.25) is 5.91 Å². The molecule has 0 aliphatic heterocycles. The Kier molecular flexibility index (Phi) is 9.85. The van der Waals surface area contributed by atoms with Crippen LogP contribution in [0.3, 0.4) is 0 Å². The second-order valence-corrected chi connectivity index (χ2v) is 10.2. The molecular weight excluding hydrogens is 423 g/mol. The van der Waals surface area contributed by atoms with Crippen LogP contribution in [-0.4, -0.2) is 24.2 Å². The Morgan fingerprint density at radius 3 is 1.78 bits per heavy atom. The summed E-state index contributed by atoms with van der Waals surface area (Å²) in [6, 6.07) is 16.8. The summed E-state index contributed by atoms with van der Waals surface area (Å²) in [4.78, 5) is 13.0. The molecule has 2 aromatic carbocycles. The molecular formula is C25H35N2O4P. The molecule has 2 aromatic rings. The summed E-state index contributed by atoms with van der Waals surface area (Å²) in [6.45, 7) is 10.9. The Labute approximate surface area is 192 Å². The van der Waals surface area contributed by atoms with Crippen LogP contribution in [0.4, 0.5) is 5.69 Å². The Morgan fingerprint density at radius 1 is 0.812 bits per heavy atom. The van der Waals surface area contributed by atoms with E-state index in [0.29, 0.717) is 5.69 Å². The Bertz CT molecular complexity index is 911. The number of carbonyl (C=O) groups excluding carboxylic acids is 1. The van der Waals surface area contributed by atoms with E-state index in [0.717, 1.165) is 11.1 Å². The van der Waals surface area contributed by atoms with Gasteiger partial charge in [-0.2, -0.15) is 0 Å². The van der Waals surface area contributed by atoms with Crippen molar-refractivity contribution in [2.75, 3.05) is 5.32 Å². The van der Waals surface area contributed by atoms with E-state index in [-0.39, 0.29) is 24.0 Å². The zero-order valence-electron chi connectivity index (χ0n) is 19.7. The van der Waals surface area contributed by atoms with Gasteiger partial charge >= 0.3 is 7.75 Å². The van der Waals surface area contributed by atoms with Gasteiger partial charge in [0.1, 0.15) is 0 Å². The smallest absolute Gasteiger partial charge is 0.325 e. The topological polar surface area (TPSA) is 76.7 Å². The SMILES string of the molecule is CC(C)OP(=O)(NC(C(=O)Nc1ccc(/C=C/c2ccccc2)cc1)C(C)C)OC(C)C. The number of rotatable bonds is 11. The largest absolute Gasteiger partial charge is 0.406 e. The maximum Gasteiger partial charge on any atom is 0.406 e. The van der Waals surface area contributed by atoms with Gasteiger partial charge in [0.25, 0.3) is 0 Å². The van der Waals surface area contributed by atoms with Crippen molar-refractivity contribution in [2.24, 2.45) is 5.92 Å². The van der Waals surface area contributed by atoms with Crippen molar-refractivity contribution < 1.29 is 18.4 Å². The highest BCUT2D eigenvalue weighted by Gasteiger charge is 2.35. The first kappa shape index (κ1) is 26.0. The Hall–Kier alpha value is -2.24. The second kappa shape index (κ2) is 12.1. The third kappa shape index (κ3) is 8.71. The zero-order valence-corrected chi connectivity index (χ0v) is 20.6. The van der Waals surface area contributed by atoms with E-state index in [1.54, 1.807) is 27.7 Å². The van der Waals surface area contributed by atoms with Crippen LogP contribution in [0.1, 0.15) is 52.7 Å². The summed E-state index contributed by atoms with van der Waals surface area (Å²) in [6.07, 6.45) is 3.41. The summed E-state index contributed by atoms with van der Waals surface area (Å²) in [7, 11) is -3.67. The van der Waals surface area contributed by atoms with Gasteiger partial charge in [0.15, 0.2) is 0 Å². The van der Waals surface area contributed by atoms with Crippen molar-refractivity contribution in [1.29, 1.82) is 0 Å². The van der Waals surface area contributed by atoms with Crippen molar-refractivity contribution in [3.05, 3.63) is 65.7 Å². The van der Waals surface area contributed by atoms with Crippen molar-refractivity contribution in [2.45, 2.75) is 59.8 Å². The lowest BCUT2D eigenvalue weighted by atomic mass is 10.0. The highest BCUT2D eigenvalue weighted by molar-refractivity contribution is 7.51. The van der Waals surface area contributed by atoms with E-state index in [2.05, 4.69) is 10.4 Å². The predicted molar refractivity (Wildman–Crippen MR) is 132 cm³/mol. The van der Waals surface area contributed by atoms with Gasteiger partial charge in [0.05, 0.1) is 18.2 Å². The van der Waals surface area contributed by atoms with Crippen molar-refractivity contribution in [1.82, 2.24) is 5.09 Å². The number of anilines is 1. The Morgan fingerprint density at radius 2 is 1.31 bits per heavy atom. The standard InChI is InChI=1S/C25H35N2O4P/c1-18(2)24(27-32(29,30-19(3)4)31-20(5)6)25(28)26-23-16-14-22(15-17-23)13-12-21-10-8-7-9-11-21/h7-20,24H,1-6H3,(H,26,28)(H,27,29)/b13-12+. The van der Waals surface area contributed by atoms with E-state index in [4.69, 9.17) is 9.05 Å². The van der Waals surface area contributed by atoms with E-state index < -0.39 is 13.8 Å². The molecule has 1 unspecified atom stereocenters. The molecule has 32 heavy (non-hydrogen) atoms. The normalized spacial score (nSPS) is 13.3. The van der Waals surface area contributed by atoms with Gasteiger partial charge in [-0.1, -0.05) is 68.5 Å². The number of amides is 1. The fraction of sp³-hybridized carbons (Fsp3) is 0.400. The number of carbonyl (C=O) groups is 1. The van der Waals surface area contributed by atoms with Crippen LogP contribution in [-0.2, 0) is 18.4 Å². The number of hydrogen-bond donors (Lipinski definition) is 2. The van der Waals surface area contributed by atoms with Crippen LogP contribution in [0.25, 0.3) is 12.2 Å². The molecule has 0 heterocycles. The number of nitrogens with one attached hydrogen (secondary N) is 2. The number of benzene rings is 2. The molecule has 2 N–H and O–H groups in total. The minimum atomic E-state index is -3.67. The second-order valence-electron chi connectivity index (χ2n) is 8.51. The highest BCUT2D eigenvalue weighted by Crippen LogP contribution is 2.47. The fourth-order valence-electron chi connectivity index (χ4n) is 2.98. The fourth-order valence-corrected chi connectivity index (χ4v) is 5.01. The van der Waals surface area contributed by atoms with Crippen LogP contribution < -0.4 is 10.4 Å². The molecule has 1 amide bonds. The molecule has 0 aliphatic rings. The summed E-state index contributed by atoms with van der Waals surface area (Å²) >= 11 is 0. The lowest BCUT2D eigenvalue weighted by Gasteiger charge is -2.29. The summed E-state index contributed by atoms with van der Waals surface area (Å²) in [5, 5.41) is 5.75. The average Bonchev–Trinajstić information content (AvgIpc) is 2.71. The molecule has 0 aliphatic carbocycles. The molecule has 0 saturated heterocycles. The number of hydrogen-bond acceptors (Lipinski definition) is 4. The zero-order chi connectivity index (χ0) is 23.7. The molecule has 0 aromatic heterocycles. The molecule has 0 fully saturated rings. The van der Waals surface area contributed by atoms with Crippen LogP contribution in [0.15, 0.2) is 54.6 Å². The highest BCUT2D eigenvalue weighted by atomic mass is 31.2. The van der Waals surface area contributed by atoms with Crippen LogP contribution in [0.5, 0.6) is 0 Å². The summed E-state index contributed by atoms with van der Waals surface area (Å²) in [5.74, 6) is -0.435. The third-order valence-corrected chi connectivity index (χ3v) is 6.38. The summed E-state index contributed by atoms with van der Waals surface area (Å²) in [5.41, 5.74) is 2.79. The maximum atomic E-state index is 13.2. The van der Waals surface area contributed by atoms with Gasteiger partial charge in [-0.05, 0) is 56.9 Å². The molecule has 0 bridgehead atoms. The van der Waals surface area contributed by atoms with E-state index in [1.165, 1.54) is 0 Å². The van der Waals surface area contributed by atoms with Gasteiger partial charge in [-0.15, -0.1) is 0 Å². The Balaban J connectivity index is 2.08. The first-order valence-corrected chi connectivity index (χ1v) is 12.5. The molecule has 7 heteroatoms. The quantitative estimate of drug-likeness (QED) is 0.302. The molecule has 0 radical (unpaired) electrons. The van der Waals surface area contributed by atoms with Gasteiger partial charge < -0.3 is 5.32 Å². The van der Waals surface area contributed by atoms with E-state index >= 15 is 0 Å². The molecule has 6 nitrogen and oxygen atoms in total.